The van der Waals surface area contributed by atoms with Crippen LogP contribution >= 0.6 is 0 Å². The van der Waals surface area contributed by atoms with Crippen molar-refractivity contribution in [3.8, 4) is 0 Å². The molecular formula is C11H20N2O6S. The summed E-state index contributed by atoms with van der Waals surface area (Å²) in [4.78, 5) is 33.7. The number of carbonyl (C=O) groups excluding carboxylic acids is 2. The Labute approximate surface area is 117 Å². The third-order valence-corrected chi connectivity index (χ3v) is 3.47. The summed E-state index contributed by atoms with van der Waals surface area (Å²) in [6.07, 6.45) is 0.666. The predicted octanol–water partition coefficient (Wildman–Crippen LogP) is -0.254. The zero-order chi connectivity index (χ0) is 16.1. The van der Waals surface area contributed by atoms with E-state index in [9.17, 15) is 22.8 Å². The van der Waals surface area contributed by atoms with Crippen molar-refractivity contribution < 1.29 is 27.9 Å². The predicted molar refractivity (Wildman–Crippen MR) is 71.9 cm³/mol. The van der Waals surface area contributed by atoms with Gasteiger partial charge in [-0.1, -0.05) is 0 Å². The van der Waals surface area contributed by atoms with Gasteiger partial charge in [-0.25, -0.2) is 13.2 Å². The lowest BCUT2D eigenvalue weighted by Crippen LogP contribution is -2.46. The van der Waals surface area contributed by atoms with E-state index in [4.69, 9.17) is 5.11 Å². The Kier molecular flexibility index (Phi) is 6.14. The molecule has 0 fully saturated rings. The van der Waals surface area contributed by atoms with Crippen LogP contribution in [0.5, 0.6) is 0 Å². The van der Waals surface area contributed by atoms with E-state index in [-0.39, 0.29) is 12.2 Å². The second-order valence-electron chi connectivity index (χ2n) is 5.38. The van der Waals surface area contributed by atoms with Crippen LogP contribution in [0.2, 0.25) is 0 Å². The van der Waals surface area contributed by atoms with Gasteiger partial charge in [0, 0.05) is 18.7 Å². The van der Waals surface area contributed by atoms with Gasteiger partial charge in [-0.05, 0) is 20.8 Å². The number of sulfone groups is 1. The Bertz CT molecular complexity index is 497. The molecule has 0 aromatic carbocycles. The summed E-state index contributed by atoms with van der Waals surface area (Å²) >= 11 is 0. The van der Waals surface area contributed by atoms with Crippen molar-refractivity contribution >= 4 is 27.7 Å². The van der Waals surface area contributed by atoms with Crippen molar-refractivity contribution in [1.29, 1.82) is 0 Å². The number of rotatable bonds is 6. The van der Waals surface area contributed by atoms with E-state index < -0.39 is 39.2 Å². The summed E-state index contributed by atoms with van der Waals surface area (Å²) in [5.41, 5.74) is -1.29. The molecule has 0 aromatic heterocycles. The summed E-state index contributed by atoms with van der Waals surface area (Å²) in [7, 11) is -3.24. The Morgan fingerprint density at radius 3 is 2.15 bits per heavy atom. The van der Waals surface area contributed by atoms with Crippen LogP contribution in [0, 0.1) is 5.41 Å². The fourth-order valence-electron chi connectivity index (χ4n) is 1.40. The zero-order valence-corrected chi connectivity index (χ0v) is 12.7. The molecule has 9 heteroatoms. The van der Waals surface area contributed by atoms with Gasteiger partial charge >= 0.3 is 12.0 Å². The Morgan fingerprint density at radius 2 is 1.75 bits per heavy atom. The molecule has 0 spiro atoms. The highest BCUT2D eigenvalue weighted by atomic mass is 32.2. The molecule has 0 bridgehead atoms. The van der Waals surface area contributed by atoms with Crippen LogP contribution in [-0.2, 0) is 19.4 Å². The second-order valence-corrected chi connectivity index (χ2v) is 7.57. The van der Waals surface area contributed by atoms with E-state index in [0.29, 0.717) is 0 Å². The quantitative estimate of drug-likeness (QED) is 0.620. The largest absolute Gasteiger partial charge is 0.481 e. The number of hydrogen-bond acceptors (Lipinski definition) is 5. The minimum Gasteiger partial charge on any atom is -0.481 e. The van der Waals surface area contributed by atoms with Crippen LogP contribution in [0.4, 0.5) is 4.79 Å². The molecule has 0 aliphatic heterocycles. The molecule has 20 heavy (non-hydrogen) atoms. The van der Waals surface area contributed by atoms with Gasteiger partial charge in [0.25, 0.3) is 0 Å². The zero-order valence-electron chi connectivity index (χ0n) is 11.9. The van der Waals surface area contributed by atoms with E-state index in [1.807, 2.05) is 5.32 Å². The van der Waals surface area contributed by atoms with Crippen LogP contribution in [0.1, 0.15) is 27.2 Å². The monoisotopic (exact) mass is 308 g/mol. The smallest absolute Gasteiger partial charge is 0.321 e. The number of carboxylic acid groups (broad SMARTS) is 1. The molecule has 0 rings (SSSR count). The first-order chi connectivity index (χ1) is 8.83. The van der Waals surface area contributed by atoms with Gasteiger partial charge in [0.2, 0.25) is 5.91 Å². The molecule has 0 radical (unpaired) electrons. The highest BCUT2D eigenvalue weighted by molar-refractivity contribution is 7.90. The van der Waals surface area contributed by atoms with Crippen molar-refractivity contribution in [2.24, 2.45) is 5.41 Å². The first-order valence-electron chi connectivity index (χ1n) is 5.85. The average Bonchev–Trinajstić information content (AvgIpc) is 2.11. The summed E-state index contributed by atoms with van der Waals surface area (Å²) in [5.74, 6) is -2.16. The molecule has 3 amide bonds. The highest BCUT2D eigenvalue weighted by Gasteiger charge is 2.30. The topological polar surface area (TPSA) is 130 Å². The lowest BCUT2D eigenvalue weighted by Gasteiger charge is -2.18. The fourth-order valence-corrected chi connectivity index (χ4v) is 2.40. The lowest BCUT2D eigenvalue weighted by atomic mass is 9.89. The van der Waals surface area contributed by atoms with Gasteiger partial charge in [0.15, 0.2) is 0 Å². The van der Waals surface area contributed by atoms with Crippen molar-refractivity contribution in [2.45, 2.75) is 33.2 Å². The number of hydrogen-bond donors (Lipinski definition) is 3. The normalized spacial score (nSPS) is 13.4. The van der Waals surface area contributed by atoms with Gasteiger partial charge in [-0.3, -0.25) is 14.9 Å². The van der Waals surface area contributed by atoms with E-state index >= 15 is 0 Å². The average molecular weight is 308 g/mol. The number of nitrogens with one attached hydrogen (secondary N) is 2. The van der Waals surface area contributed by atoms with Crippen LogP contribution in [0.25, 0.3) is 0 Å². The minimum absolute atomic E-state index is 0.255. The molecule has 8 nitrogen and oxygen atoms in total. The number of urea groups is 1. The number of carboxylic acids is 1. The minimum atomic E-state index is -3.24. The van der Waals surface area contributed by atoms with Crippen LogP contribution in [0.15, 0.2) is 0 Å². The second kappa shape index (κ2) is 6.69. The van der Waals surface area contributed by atoms with Gasteiger partial charge in [-0.2, -0.15) is 0 Å². The number of carbonyl (C=O) groups is 3. The molecule has 0 aromatic rings. The van der Waals surface area contributed by atoms with E-state index in [2.05, 4.69) is 5.32 Å². The molecule has 116 valence electrons. The van der Waals surface area contributed by atoms with Gasteiger partial charge in [0.05, 0.1) is 11.2 Å². The maximum Gasteiger partial charge on any atom is 0.321 e. The first-order valence-corrected chi connectivity index (χ1v) is 7.91. The van der Waals surface area contributed by atoms with Crippen LogP contribution in [-0.4, -0.2) is 49.5 Å². The van der Waals surface area contributed by atoms with Crippen molar-refractivity contribution in [1.82, 2.24) is 10.6 Å². The third kappa shape index (κ3) is 7.72. The molecule has 1 atom stereocenters. The maximum absolute atomic E-state index is 11.5. The number of aliphatic carboxylic acids is 1. The van der Waals surface area contributed by atoms with Crippen molar-refractivity contribution in [3.63, 3.8) is 0 Å². The number of amides is 3. The summed E-state index contributed by atoms with van der Waals surface area (Å²) < 4.78 is 22.0. The van der Waals surface area contributed by atoms with E-state index in [0.717, 1.165) is 6.26 Å². The Morgan fingerprint density at radius 1 is 1.25 bits per heavy atom. The molecule has 0 heterocycles. The summed E-state index contributed by atoms with van der Waals surface area (Å²) in [5, 5.41) is 13.1. The first kappa shape index (κ1) is 18.4. The van der Waals surface area contributed by atoms with E-state index in [1.165, 1.54) is 20.8 Å². The summed E-state index contributed by atoms with van der Waals surface area (Å²) in [6, 6.07) is -1.52. The molecular weight excluding hydrogens is 288 g/mol. The van der Waals surface area contributed by atoms with Crippen molar-refractivity contribution in [3.05, 3.63) is 0 Å². The number of imide groups is 1. The van der Waals surface area contributed by atoms with Gasteiger partial charge in [-0.15, -0.1) is 0 Å². The van der Waals surface area contributed by atoms with E-state index in [1.54, 1.807) is 0 Å². The maximum atomic E-state index is 11.5. The molecule has 0 aliphatic carbocycles. The lowest BCUT2D eigenvalue weighted by molar-refractivity contribution is -0.149. The van der Waals surface area contributed by atoms with Gasteiger partial charge < -0.3 is 10.4 Å². The molecule has 0 aliphatic rings. The molecule has 0 saturated heterocycles. The SMILES string of the molecule is CC(CS(C)(=O)=O)NC(=O)NC(=O)CC(C)(C)C(=O)O. The Balaban J connectivity index is 4.35. The molecule has 0 saturated carbocycles. The highest BCUT2D eigenvalue weighted by Crippen LogP contribution is 2.19. The third-order valence-electron chi connectivity index (χ3n) is 2.36. The van der Waals surface area contributed by atoms with Crippen LogP contribution < -0.4 is 10.6 Å². The molecule has 1 unspecified atom stereocenters. The van der Waals surface area contributed by atoms with Crippen LogP contribution in [0.3, 0.4) is 0 Å². The van der Waals surface area contributed by atoms with Crippen molar-refractivity contribution in [2.75, 3.05) is 12.0 Å². The fraction of sp³-hybridized carbons (Fsp3) is 0.727. The van der Waals surface area contributed by atoms with Gasteiger partial charge in [0.1, 0.15) is 9.84 Å². The summed E-state index contributed by atoms with van der Waals surface area (Å²) in [6.45, 7) is 4.20. The standard InChI is InChI=1S/C11H20N2O6S/c1-7(6-20(4,18)19)12-10(17)13-8(14)5-11(2,3)9(15)16/h7H,5-6H2,1-4H3,(H,15,16)(H2,12,13,14,17). The molecule has 3 N–H and O–H groups in total. The Hall–Kier alpha value is -1.64.